The summed E-state index contributed by atoms with van der Waals surface area (Å²) < 4.78 is 6.64. The monoisotopic (exact) mass is 270 g/mol. The van der Waals surface area contributed by atoms with Crippen LogP contribution in [0.4, 0.5) is 0 Å². The topological polar surface area (TPSA) is 48.0 Å². The highest BCUT2D eigenvalue weighted by Gasteiger charge is 2.08. The minimum absolute atomic E-state index is 0.321. The first-order chi connectivity index (χ1) is 7.33. The van der Waals surface area contributed by atoms with Crippen LogP contribution in [0.5, 0.6) is 0 Å². The largest absolute Gasteiger partial charge is 0.421 e. The Morgan fingerprint density at radius 1 is 1.47 bits per heavy atom. The van der Waals surface area contributed by atoms with Gasteiger partial charge in [-0.1, -0.05) is 15.9 Å². The summed E-state index contributed by atoms with van der Waals surface area (Å²) in [6.07, 6.45) is 3.61. The second kappa shape index (κ2) is 4.61. The highest BCUT2D eigenvalue weighted by molar-refractivity contribution is 9.09. The van der Waals surface area contributed by atoms with Gasteiger partial charge in [0.15, 0.2) is 0 Å². The van der Waals surface area contributed by atoms with Crippen LogP contribution < -0.4 is 5.76 Å². The molecule has 0 saturated heterocycles. The predicted molar refractivity (Wildman–Crippen MR) is 61.3 cm³/mol. The van der Waals surface area contributed by atoms with E-state index in [1.807, 2.05) is 6.07 Å². The van der Waals surface area contributed by atoms with Crippen molar-refractivity contribution in [3.8, 4) is 0 Å². The lowest BCUT2D eigenvalue weighted by Crippen LogP contribution is -2.14. The predicted octanol–water partition coefficient (Wildman–Crippen LogP) is 2.16. The quantitative estimate of drug-likeness (QED) is 0.632. The number of alkyl halides is 1. The average molecular weight is 271 g/mol. The molecule has 4 nitrogen and oxygen atoms in total. The van der Waals surface area contributed by atoms with Gasteiger partial charge in [-0.2, -0.15) is 0 Å². The minimum atomic E-state index is -0.321. The van der Waals surface area contributed by atoms with Crippen molar-refractivity contribution in [1.29, 1.82) is 0 Å². The first-order valence-corrected chi connectivity index (χ1v) is 5.95. The van der Waals surface area contributed by atoms with E-state index in [-0.39, 0.29) is 5.76 Å². The molecule has 2 aromatic heterocycles. The zero-order valence-corrected chi connectivity index (χ0v) is 9.74. The van der Waals surface area contributed by atoms with Crippen LogP contribution in [0.3, 0.4) is 0 Å². The third-order valence-electron chi connectivity index (χ3n) is 2.21. The molecule has 0 aliphatic rings. The van der Waals surface area contributed by atoms with Crippen molar-refractivity contribution in [3.63, 3.8) is 0 Å². The van der Waals surface area contributed by atoms with Gasteiger partial charge in [0.2, 0.25) is 5.71 Å². The SMILES string of the molecule is O=c1oc2ncccc2n1CCCCBr. The van der Waals surface area contributed by atoms with Crippen molar-refractivity contribution in [2.24, 2.45) is 0 Å². The number of unbranched alkanes of at least 4 members (excludes halogenated alkanes) is 1. The van der Waals surface area contributed by atoms with Gasteiger partial charge in [-0.25, -0.2) is 9.78 Å². The summed E-state index contributed by atoms with van der Waals surface area (Å²) in [5, 5.41) is 0.954. The molecule has 0 aliphatic carbocycles. The number of aryl methyl sites for hydroxylation is 1. The molecule has 0 fully saturated rings. The van der Waals surface area contributed by atoms with Crippen LogP contribution in [0.15, 0.2) is 27.5 Å². The van der Waals surface area contributed by atoms with Gasteiger partial charge in [0.1, 0.15) is 5.52 Å². The molecule has 2 rings (SSSR count). The lowest BCUT2D eigenvalue weighted by Gasteiger charge is -1.99. The zero-order chi connectivity index (χ0) is 10.7. The number of hydrogen-bond acceptors (Lipinski definition) is 3. The maximum absolute atomic E-state index is 11.5. The number of rotatable bonds is 4. The molecule has 0 aromatic carbocycles. The highest BCUT2D eigenvalue weighted by atomic mass is 79.9. The number of hydrogen-bond donors (Lipinski definition) is 0. The lowest BCUT2D eigenvalue weighted by molar-refractivity contribution is 0.491. The Balaban J connectivity index is 2.33. The molecule has 0 amide bonds. The molecule has 0 bridgehead atoms. The van der Waals surface area contributed by atoms with E-state index in [1.54, 1.807) is 16.8 Å². The normalized spacial score (nSPS) is 11.0. The van der Waals surface area contributed by atoms with Gasteiger partial charge in [0.25, 0.3) is 0 Å². The van der Waals surface area contributed by atoms with Crippen LogP contribution in [-0.4, -0.2) is 14.9 Å². The van der Waals surface area contributed by atoms with Crippen LogP contribution in [0, 0.1) is 0 Å². The molecule has 80 valence electrons. The molecule has 15 heavy (non-hydrogen) atoms. The molecule has 5 heteroatoms. The smallest absolute Gasteiger partial charge is 0.389 e. The van der Waals surface area contributed by atoms with E-state index in [0.29, 0.717) is 12.3 Å². The van der Waals surface area contributed by atoms with Crippen LogP contribution in [0.25, 0.3) is 11.2 Å². The van der Waals surface area contributed by atoms with Crippen molar-refractivity contribution in [3.05, 3.63) is 28.9 Å². The Hall–Kier alpha value is -1.10. The van der Waals surface area contributed by atoms with Gasteiger partial charge in [-0.05, 0) is 25.0 Å². The van der Waals surface area contributed by atoms with E-state index >= 15 is 0 Å². The Morgan fingerprint density at radius 2 is 2.33 bits per heavy atom. The van der Waals surface area contributed by atoms with Crippen molar-refractivity contribution in [2.45, 2.75) is 19.4 Å². The van der Waals surface area contributed by atoms with Crippen LogP contribution in [0.2, 0.25) is 0 Å². The molecule has 2 heterocycles. The van der Waals surface area contributed by atoms with Crippen molar-refractivity contribution in [2.75, 3.05) is 5.33 Å². The van der Waals surface area contributed by atoms with Crippen molar-refractivity contribution in [1.82, 2.24) is 9.55 Å². The first-order valence-electron chi connectivity index (χ1n) is 4.83. The Morgan fingerprint density at radius 3 is 3.13 bits per heavy atom. The number of pyridine rings is 1. The third-order valence-corrected chi connectivity index (χ3v) is 2.77. The molecule has 0 atom stereocenters. The highest BCUT2D eigenvalue weighted by Crippen LogP contribution is 2.09. The van der Waals surface area contributed by atoms with E-state index < -0.39 is 0 Å². The summed E-state index contributed by atoms with van der Waals surface area (Å²) in [5.41, 5.74) is 1.19. The zero-order valence-electron chi connectivity index (χ0n) is 8.15. The number of nitrogens with zero attached hydrogens (tertiary/aromatic N) is 2. The molecule has 0 N–H and O–H groups in total. The van der Waals surface area contributed by atoms with Crippen LogP contribution >= 0.6 is 15.9 Å². The van der Waals surface area contributed by atoms with Gasteiger partial charge in [-0.3, -0.25) is 4.57 Å². The molecule has 0 spiro atoms. The number of aromatic nitrogens is 2. The summed E-state index contributed by atoms with van der Waals surface area (Å²) in [4.78, 5) is 15.5. The van der Waals surface area contributed by atoms with Crippen molar-refractivity contribution >= 4 is 27.2 Å². The van der Waals surface area contributed by atoms with Gasteiger partial charge in [-0.15, -0.1) is 0 Å². The molecule has 0 unspecified atom stereocenters. The van der Waals surface area contributed by atoms with Crippen LogP contribution in [-0.2, 0) is 6.54 Å². The fourth-order valence-corrected chi connectivity index (χ4v) is 1.88. The summed E-state index contributed by atoms with van der Waals surface area (Å²) in [6.45, 7) is 0.684. The molecular weight excluding hydrogens is 260 g/mol. The number of fused-ring (bicyclic) bond motifs is 1. The maximum atomic E-state index is 11.5. The van der Waals surface area contributed by atoms with Crippen LogP contribution in [0.1, 0.15) is 12.8 Å². The number of oxazole rings is 1. The van der Waals surface area contributed by atoms with E-state index in [1.165, 1.54) is 0 Å². The standard InChI is InChI=1S/C10H11BrN2O2/c11-5-1-2-7-13-8-4-3-6-12-9(8)15-10(13)14/h3-4,6H,1-2,5,7H2. The maximum Gasteiger partial charge on any atom is 0.421 e. The molecule has 0 radical (unpaired) electrons. The van der Waals surface area contributed by atoms with E-state index in [9.17, 15) is 4.79 Å². The lowest BCUT2D eigenvalue weighted by atomic mass is 10.3. The summed E-state index contributed by atoms with van der Waals surface area (Å²) >= 11 is 3.36. The molecule has 0 saturated carbocycles. The fourth-order valence-electron chi connectivity index (χ4n) is 1.48. The summed E-state index contributed by atoms with van der Waals surface area (Å²) in [5.74, 6) is -0.321. The van der Waals surface area contributed by atoms with E-state index in [4.69, 9.17) is 4.42 Å². The van der Waals surface area contributed by atoms with Gasteiger partial charge in [0.05, 0.1) is 0 Å². The first kappa shape index (κ1) is 10.4. The second-order valence-corrected chi connectivity index (χ2v) is 4.04. The third kappa shape index (κ3) is 2.12. The summed E-state index contributed by atoms with van der Waals surface area (Å²) in [7, 11) is 0. The summed E-state index contributed by atoms with van der Waals surface area (Å²) in [6, 6.07) is 3.65. The Kier molecular flexibility index (Phi) is 3.20. The molecule has 2 aromatic rings. The van der Waals surface area contributed by atoms with Gasteiger partial charge in [0, 0.05) is 18.1 Å². The average Bonchev–Trinajstić information content (AvgIpc) is 2.56. The Labute approximate surface area is 95.0 Å². The van der Waals surface area contributed by atoms with Crippen molar-refractivity contribution < 1.29 is 4.42 Å². The molecular formula is C10H11BrN2O2. The van der Waals surface area contributed by atoms with E-state index in [2.05, 4.69) is 20.9 Å². The minimum Gasteiger partial charge on any atom is -0.389 e. The Bertz CT molecular complexity index is 503. The van der Waals surface area contributed by atoms with Gasteiger partial charge < -0.3 is 4.42 Å². The second-order valence-electron chi connectivity index (χ2n) is 3.24. The van der Waals surface area contributed by atoms with E-state index in [0.717, 1.165) is 23.7 Å². The molecule has 0 aliphatic heterocycles. The fraction of sp³-hybridized carbons (Fsp3) is 0.400. The number of halogens is 1. The van der Waals surface area contributed by atoms with Gasteiger partial charge >= 0.3 is 5.76 Å².